The monoisotopic (exact) mass is 398 g/mol. The summed E-state index contributed by atoms with van der Waals surface area (Å²) in [5.41, 5.74) is 0.806. The molecule has 1 unspecified atom stereocenters. The molecule has 1 aliphatic heterocycles. The topological polar surface area (TPSA) is 74.3 Å². The summed E-state index contributed by atoms with van der Waals surface area (Å²) in [6, 6.07) is 12.2. The molecule has 8 heteroatoms. The molecule has 1 aliphatic rings. The number of hydrogen-bond donors (Lipinski definition) is 1. The van der Waals surface area contributed by atoms with Crippen molar-refractivity contribution in [1.29, 1.82) is 5.26 Å². The Morgan fingerprint density at radius 3 is 2.71 bits per heavy atom. The highest BCUT2D eigenvalue weighted by atomic mass is 32.1. The van der Waals surface area contributed by atoms with Gasteiger partial charge >= 0.3 is 0 Å². The van der Waals surface area contributed by atoms with E-state index in [1.165, 1.54) is 17.0 Å². The van der Waals surface area contributed by atoms with Crippen molar-refractivity contribution in [2.75, 3.05) is 38.2 Å². The third-order valence-corrected chi connectivity index (χ3v) is 5.61. The number of aromatic nitrogens is 1. The number of nitrogens with one attached hydrogen (secondary N) is 1. The van der Waals surface area contributed by atoms with Crippen LogP contribution < -0.4 is 5.32 Å². The van der Waals surface area contributed by atoms with E-state index in [0.717, 1.165) is 13.1 Å². The molecule has 28 heavy (non-hydrogen) atoms. The van der Waals surface area contributed by atoms with Crippen LogP contribution in [0.5, 0.6) is 0 Å². The Bertz CT molecular complexity index is 944. The maximum absolute atomic E-state index is 13.1. The quantitative estimate of drug-likeness (QED) is 0.679. The largest absolute Gasteiger partial charge is 0.419 e. The van der Waals surface area contributed by atoms with Gasteiger partial charge in [-0.25, -0.2) is 4.39 Å². The lowest BCUT2D eigenvalue weighted by atomic mass is 10.2. The molecule has 144 valence electrons. The zero-order valence-electron chi connectivity index (χ0n) is 15.1. The number of benzene rings is 1. The van der Waals surface area contributed by atoms with Gasteiger partial charge in [0.05, 0.1) is 19.3 Å². The van der Waals surface area contributed by atoms with E-state index in [1.54, 1.807) is 23.5 Å². The minimum absolute atomic E-state index is 0.148. The van der Waals surface area contributed by atoms with Gasteiger partial charge in [0, 0.05) is 30.1 Å². The van der Waals surface area contributed by atoms with E-state index in [9.17, 15) is 9.65 Å². The predicted octanol–water partition coefficient (Wildman–Crippen LogP) is 3.90. The van der Waals surface area contributed by atoms with Crippen LogP contribution in [0, 0.1) is 17.1 Å². The molecule has 1 atom stereocenters. The molecule has 1 N–H and O–H groups in total. The molecule has 6 nitrogen and oxygen atoms in total. The summed E-state index contributed by atoms with van der Waals surface area (Å²) >= 11 is 1.70. The molecule has 0 bridgehead atoms. The first kappa shape index (κ1) is 18.6. The maximum Gasteiger partial charge on any atom is 0.232 e. The number of nitriles is 1. The summed E-state index contributed by atoms with van der Waals surface area (Å²) in [7, 11) is 0. The van der Waals surface area contributed by atoms with Crippen molar-refractivity contribution in [3.63, 3.8) is 0 Å². The van der Waals surface area contributed by atoms with Crippen molar-refractivity contribution in [2.24, 2.45) is 0 Å². The summed E-state index contributed by atoms with van der Waals surface area (Å²) in [5.74, 6) is 0.285. The summed E-state index contributed by atoms with van der Waals surface area (Å²) < 4.78 is 24.4. The highest BCUT2D eigenvalue weighted by Gasteiger charge is 2.24. The fourth-order valence-electron chi connectivity index (χ4n) is 3.20. The number of oxazole rings is 1. The molecule has 0 saturated carbocycles. The maximum atomic E-state index is 13.1. The molecular weight excluding hydrogens is 379 g/mol. The molecule has 1 saturated heterocycles. The number of halogens is 1. The minimum Gasteiger partial charge on any atom is -0.419 e. The van der Waals surface area contributed by atoms with Gasteiger partial charge in [0.1, 0.15) is 11.9 Å². The van der Waals surface area contributed by atoms with Gasteiger partial charge in [0.25, 0.3) is 0 Å². The van der Waals surface area contributed by atoms with E-state index < -0.39 is 0 Å². The molecule has 3 heterocycles. The molecule has 3 aromatic rings. The Morgan fingerprint density at radius 2 is 2.04 bits per heavy atom. The number of anilines is 1. The van der Waals surface area contributed by atoms with Crippen LogP contribution in [0.3, 0.4) is 0 Å². The number of rotatable bonds is 6. The zero-order valence-corrected chi connectivity index (χ0v) is 15.9. The second-order valence-corrected chi connectivity index (χ2v) is 7.36. The smallest absolute Gasteiger partial charge is 0.232 e. The third-order valence-electron chi connectivity index (χ3n) is 4.64. The van der Waals surface area contributed by atoms with Gasteiger partial charge in [-0.3, -0.25) is 4.90 Å². The first-order valence-electron chi connectivity index (χ1n) is 9.00. The van der Waals surface area contributed by atoms with E-state index >= 15 is 0 Å². The molecule has 0 radical (unpaired) electrons. The van der Waals surface area contributed by atoms with E-state index in [2.05, 4.69) is 32.7 Å². The van der Waals surface area contributed by atoms with E-state index in [0.29, 0.717) is 31.2 Å². The molecule has 0 aliphatic carbocycles. The normalized spacial score (nSPS) is 15.9. The second kappa shape index (κ2) is 8.52. The van der Waals surface area contributed by atoms with Gasteiger partial charge in [-0.2, -0.15) is 10.2 Å². The number of morpholine rings is 1. The van der Waals surface area contributed by atoms with Crippen molar-refractivity contribution in [1.82, 2.24) is 9.88 Å². The average molecular weight is 398 g/mol. The lowest BCUT2D eigenvalue weighted by molar-refractivity contribution is 0.0193. The van der Waals surface area contributed by atoms with Crippen LogP contribution >= 0.6 is 11.3 Å². The number of nitrogens with zero attached hydrogens (tertiary/aromatic N) is 3. The standard InChI is InChI=1S/C20H19FN4O2S/c21-15-5-3-14(4-6-15)19-24-16(12-22)20(27-19)23-13-17(18-2-1-11-28-18)25-7-9-26-10-8-25/h1-6,11,17,23H,7-10,13H2. The third kappa shape index (κ3) is 4.07. The van der Waals surface area contributed by atoms with Gasteiger partial charge < -0.3 is 14.5 Å². The minimum atomic E-state index is -0.335. The molecule has 1 fully saturated rings. The van der Waals surface area contributed by atoms with Crippen molar-refractivity contribution in [3.8, 4) is 17.5 Å². The van der Waals surface area contributed by atoms with E-state index in [4.69, 9.17) is 9.15 Å². The molecule has 4 rings (SSSR count). The van der Waals surface area contributed by atoms with Gasteiger partial charge in [-0.15, -0.1) is 11.3 Å². The van der Waals surface area contributed by atoms with Crippen molar-refractivity contribution >= 4 is 17.2 Å². The summed E-state index contributed by atoms with van der Waals surface area (Å²) in [6.45, 7) is 3.71. The second-order valence-electron chi connectivity index (χ2n) is 6.38. The highest BCUT2D eigenvalue weighted by Crippen LogP contribution is 2.29. The molecule has 0 spiro atoms. The fourth-order valence-corrected chi connectivity index (χ4v) is 4.06. The van der Waals surface area contributed by atoms with Crippen LogP contribution in [-0.4, -0.2) is 42.7 Å². The van der Waals surface area contributed by atoms with Crippen LogP contribution in [0.2, 0.25) is 0 Å². The van der Waals surface area contributed by atoms with Gasteiger partial charge in [0.15, 0.2) is 0 Å². The molecule has 2 aromatic heterocycles. The van der Waals surface area contributed by atoms with Crippen molar-refractivity contribution in [3.05, 3.63) is 58.2 Å². The first-order valence-corrected chi connectivity index (χ1v) is 9.88. The SMILES string of the molecule is N#Cc1nc(-c2ccc(F)cc2)oc1NCC(c1cccs1)N1CCOCC1. The van der Waals surface area contributed by atoms with Crippen LogP contribution in [0.25, 0.3) is 11.5 Å². The number of hydrogen-bond acceptors (Lipinski definition) is 7. The number of thiophene rings is 1. The average Bonchev–Trinajstić information content (AvgIpc) is 3.40. The number of ether oxygens (including phenoxy) is 1. The Labute approximate surface area is 166 Å². The summed E-state index contributed by atoms with van der Waals surface area (Å²) in [4.78, 5) is 7.85. The summed E-state index contributed by atoms with van der Waals surface area (Å²) in [5, 5.41) is 14.7. The Balaban J connectivity index is 1.54. The van der Waals surface area contributed by atoms with Crippen LogP contribution in [0.15, 0.2) is 46.2 Å². The first-order chi connectivity index (χ1) is 13.7. The Hall–Kier alpha value is -2.73. The van der Waals surface area contributed by atoms with Crippen LogP contribution in [-0.2, 0) is 4.74 Å². The summed E-state index contributed by atoms with van der Waals surface area (Å²) in [6.07, 6.45) is 0. The molecule has 1 aromatic carbocycles. The van der Waals surface area contributed by atoms with E-state index in [1.807, 2.05) is 6.07 Å². The molecule has 0 amide bonds. The predicted molar refractivity (Wildman–Crippen MR) is 105 cm³/mol. The lowest BCUT2D eigenvalue weighted by Gasteiger charge is -2.34. The van der Waals surface area contributed by atoms with E-state index in [-0.39, 0.29) is 23.4 Å². The zero-order chi connectivity index (χ0) is 19.3. The lowest BCUT2D eigenvalue weighted by Crippen LogP contribution is -2.41. The van der Waals surface area contributed by atoms with Gasteiger partial charge in [-0.05, 0) is 35.7 Å². The van der Waals surface area contributed by atoms with Crippen LogP contribution in [0.1, 0.15) is 16.6 Å². The highest BCUT2D eigenvalue weighted by molar-refractivity contribution is 7.10. The van der Waals surface area contributed by atoms with Crippen LogP contribution in [0.4, 0.5) is 10.3 Å². The van der Waals surface area contributed by atoms with Crippen molar-refractivity contribution < 1.29 is 13.5 Å². The van der Waals surface area contributed by atoms with Crippen molar-refractivity contribution in [2.45, 2.75) is 6.04 Å². The molecular formula is C20H19FN4O2S. The Morgan fingerprint density at radius 1 is 1.25 bits per heavy atom. The Kier molecular flexibility index (Phi) is 5.67. The van der Waals surface area contributed by atoms with Gasteiger partial charge in [-0.1, -0.05) is 6.07 Å². The van der Waals surface area contributed by atoms with Gasteiger partial charge in [0.2, 0.25) is 17.5 Å². The fraction of sp³-hybridized carbons (Fsp3) is 0.300.